The summed E-state index contributed by atoms with van der Waals surface area (Å²) < 4.78 is 1.65. The molecule has 0 aliphatic carbocycles. The first kappa shape index (κ1) is 18.4. The zero-order valence-electron chi connectivity index (χ0n) is 14.7. The predicted octanol–water partition coefficient (Wildman–Crippen LogP) is 4.87. The van der Waals surface area contributed by atoms with Crippen LogP contribution in [0.4, 0.5) is 0 Å². The maximum Gasteiger partial charge on any atom is 0.263 e. The summed E-state index contributed by atoms with van der Waals surface area (Å²) in [5.41, 5.74) is 2.02. The van der Waals surface area contributed by atoms with E-state index in [0.717, 1.165) is 20.8 Å². The molecule has 3 rings (SSSR count). The minimum atomic E-state index is -0.102. The summed E-state index contributed by atoms with van der Waals surface area (Å²) in [6.07, 6.45) is 1.70. The molecule has 0 radical (unpaired) electrons. The maximum atomic E-state index is 13.1. The van der Waals surface area contributed by atoms with Gasteiger partial charge >= 0.3 is 0 Å². The fourth-order valence-corrected chi connectivity index (χ4v) is 4.88. The molecule has 2 heterocycles. The van der Waals surface area contributed by atoms with Crippen LogP contribution in [0.3, 0.4) is 0 Å². The highest BCUT2D eigenvalue weighted by Crippen LogP contribution is 2.36. The lowest BCUT2D eigenvalue weighted by Gasteiger charge is -2.10. The van der Waals surface area contributed by atoms with Crippen LogP contribution in [0.5, 0.6) is 0 Å². The second-order valence-electron chi connectivity index (χ2n) is 6.04. The normalized spacial score (nSPS) is 12.0. The van der Waals surface area contributed by atoms with E-state index in [0.29, 0.717) is 22.8 Å². The second-order valence-corrected chi connectivity index (χ2v) is 8.03. The molecule has 1 atom stereocenters. The fraction of sp³-hybridized carbons (Fsp3) is 0.250. The van der Waals surface area contributed by atoms with E-state index in [9.17, 15) is 4.79 Å². The topological polar surface area (TPSA) is 58.7 Å². The highest BCUT2D eigenvalue weighted by molar-refractivity contribution is 7.99. The van der Waals surface area contributed by atoms with E-state index >= 15 is 0 Å². The molecule has 132 valence electrons. The Bertz CT molecular complexity index is 1040. The standard InChI is InChI=1S/C20H19N3OS2/c1-4-10-23-19(24)16-14(3)17(15-8-6-5-7-9-15)26-18(16)22-20(23)25-12-13(2)11-21/h4-9,13H,1,10,12H2,2-3H3/t13-/m0/s1. The number of benzene rings is 1. The number of aromatic nitrogens is 2. The molecular formula is C20H19N3OS2. The summed E-state index contributed by atoms with van der Waals surface area (Å²) in [6.45, 7) is 8.01. The molecule has 3 aromatic rings. The van der Waals surface area contributed by atoms with E-state index in [2.05, 4.69) is 12.6 Å². The van der Waals surface area contributed by atoms with Crippen molar-refractivity contribution >= 4 is 33.3 Å². The molecule has 0 saturated heterocycles. The number of hydrogen-bond donors (Lipinski definition) is 0. The molecule has 0 spiro atoms. The van der Waals surface area contributed by atoms with Crippen molar-refractivity contribution in [3.63, 3.8) is 0 Å². The van der Waals surface area contributed by atoms with E-state index in [1.165, 1.54) is 11.8 Å². The van der Waals surface area contributed by atoms with Crippen LogP contribution >= 0.6 is 23.1 Å². The Morgan fingerprint density at radius 1 is 1.42 bits per heavy atom. The summed E-state index contributed by atoms with van der Waals surface area (Å²) in [5, 5.41) is 10.3. The Balaban J connectivity index is 2.18. The lowest BCUT2D eigenvalue weighted by molar-refractivity contribution is 0.671. The number of nitriles is 1. The smallest absolute Gasteiger partial charge is 0.263 e. The number of allylic oxidation sites excluding steroid dienone is 1. The van der Waals surface area contributed by atoms with Crippen LogP contribution in [0.15, 0.2) is 52.9 Å². The average Bonchev–Trinajstić information content (AvgIpc) is 2.99. The molecule has 0 aliphatic heterocycles. The van der Waals surface area contributed by atoms with Gasteiger partial charge in [0.05, 0.1) is 17.4 Å². The third kappa shape index (κ3) is 3.46. The van der Waals surface area contributed by atoms with Crippen molar-refractivity contribution in [2.24, 2.45) is 5.92 Å². The molecular weight excluding hydrogens is 362 g/mol. The van der Waals surface area contributed by atoms with Gasteiger partial charge in [-0.25, -0.2) is 4.98 Å². The predicted molar refractivity (Wildman–Crippen MR) is 110 cm³/mol. The largest absolute Gasteiger partial charge is 0.283 e. The van der Waals surface area contributed by atoms with Crippen LogP contribution < -0.4 is 5.56 Å². The van der Waals surface area contributed by atoms with E-state index in [-0.39, 0.29) is 11.5 Å². The molecule has 0 amide bonds. The van der Waals surface area contributed by atoms with Crippen LogP contribution in [0.2, 0.25) is 0 Å². The number of nitrogens with zero attached hydrogens (tertiary/aromatic N) is 3. The van der Waals surface area contributed by atoms with E-state index < -0.39 is 0 Å². The molecule has 26 heavy (non-hydrogen) atoms. The number of thioether (sulfide) groups is 1. The van der Waals surface area contributed by atoms with Gasteiger partial charge in [-0.1, -0.05) is 48.2 Å². The maximum absolute atomic E-state index is 13.1. The highest BCUT2D eigenvalue weighted by atomic mass is 32.2. The van der Waals surface area contributed by atoms with Gasteiger partial charge < -0.3 is 0 Å². The fourth-order valence-electron chi connectivity index (χ4n) is 2.70. The molecule has 0 fully saturated rings. The van der Waals surface area contributed by atoms with Crippen molar-refractivity contribution < 1.29 is 0 Å². The Morgan fingerprint density at radius 3 is 2.81 bits per heavy atom. The van der Waals surface area contributed by atoms with Gasteiger partial charge in [-0.3, -0.25) is 9.36 Å². The molecule has 0 unspecified atom stereocenters. The van der Waals surface area contributed by atoms with E-state index in [1.54, 1.807) is 22.0 Å². The quantitative estimate of drug-likeness (QED) is 0.347. The molecule has 0 bridgehead atoms. The summed E-state index contributed by atoms with van der Waals surface area (Å²) in [5.74, 6) is 0.497. The van der Waals surface area contributed by atoms with Gasteiger partial charge in [-0.05, 0) is 25.0 Å². The summed E-state index contributed by atoms with van der Waals surface area (Å²) in [6, 6.07) is 12.3. The van der Waals surface area contributed by atoms with Gasteiger partial charge in [-0.2, -0.15) is 5.26 Å². The molecule has 6 heteroatoms. The van der Waals surface area contributed by atoms with Gasteiger partial charge in [0.1, 0.15) is 4.83 Å². The average molecular weight is 382 g/mol. The van der Waals surface area contributed by atoms with Gasteiger partial charge in [0.15, 0.2) is 5.16 Å². The van der Waals surface area contributed by atoms with Gasteiger partial charge in [0, 0.05) is 17.2 Å². The van der Waals surface area contributed by atoms with Crippen LogP contribution in [-0.2, 0) is 6.54 Å². The first-order valence-electron chi connectivity index (χ1n) is 8.29. The third-order valence-corrected chi connectivity index (χ3v) is 6.52. The zero-order valence-corrected chi connectivity index (χ0v) is 16.4. The minimum absolute atomic E-state index is 0.0436. The van der Waals surface area contributed by atoms with Crippen LogP contribution in [-0.4, -0.2) is 15.3 Å². The number of fused-ring (bicyclic) bond motifs is 1. The number of hydrogen-bond acceptors (Lipinski definition) is 5. The Morgan fingerprint density at radius 2 is 2.15 bits per heavy atom. The van der Waals surface area contributed by atoms with Crippen molar-refractivity contribution in [2.45, 2.75) is 25.5 Å². The SMILES string of the molecule is C=CCn1c(SC[C@@H](C)C#N)nc2sc(-c3ccccc3)c(C)c2c1=O. The van der Waals surface area contributed by atoms with Crippen LogP contribution in [0.25, 0.3) is 20.7 Å². The minimum Gasteiger partial charge on any atom is -0.283 e. The van der Waals surface area contributed by atoms with E-state index in [4.69, 9.17) is 10.2 Å². The number of thiophene rings is 1. The van der Waals surface area contributed by atoms with Crippen molar-refractivity contribution in [2.75, 3.05) is 5.75 Å². The summed E-state index contributed by atoms with van der Waals surface area (Å²) in [4.78, 5) is 19.7. The molecule has 4 nitrogen and oxygen atoms in total. The first-order valence-corrected chi connectivity index (χ1v) is 10.1. The highest BCUT2D eigenvalue weighted by Gasteiger charge is 2.19. The van der Waals surface area contributed by atoms with Crippen molar-refractivity contribution in [1.29, 1.82) is 5.26 Å². The number of aryl methyl sites for hydroxylation is 1. The monoisotopic (exact) mass is 381 g/mol. The van der Waals surface area contributed by atoms with Crippen molar-refractivity contribution in [3.8, 4) is 16.5 Å². The summed E-state index contributed by atoms with van der Waals surface area (Å²) >= 11 is 2.99. The second kappa shape index (κ2) is 7.90. The molecule has 0 N–H and O–H groups in total. The lowest BCUT2D eigenvalue weighted by Crippen LogP contribution is -2.23. The molecule has 2 aromatic heterocycles. The Kier molecular flexibility index (Phi) is 5.60. The Hall–Kier alpha value is -2.36. The number of rotatable bonds is 6. The lowest BCUT2D eigenvalue weighted by atomic mass is 10.1. The van der Waals surface area contributed by atoms with Crippen LogP contribution in [0.1, 0.15) is 12.5 Å². The molecule has 1 aromatic carbocycles. The molecule has 0 aliphatic rings. The first-order chi connectivity index (χ1) is 12.6. The van der Waals surface area contributed by atoms with Gasteiger partial charge in [-0.15, -0.1) is 17.9 Å². The molecule has 0 saturated carbocycles. The summed E-state index contributed by atoms with van der Waals surface area (Å²) in [7, 11) is 0. The van der Waals surface area contributed by atoms with Crippen LogP contribution in [0, 0.1) is 24.2 Å². The van der Waals surface area contributed by atoms with Gasteiger partial charge in [0.25, 0.3) is 5.56 Å². The Labute approximate surface area is 160 Å². The van der Waals surface area contributed by atoms with E-state index in [1.807, 2.05) is 44.2 Å². The van der Waals surface area contributed by atoms with Crippen molar-refractivity contribution in [3.05, 3.63) is 58.9 Å². The van der Waals surface area contributed by atoms with Gasteiger partial charge in [0.2, 0.25) is 0 Å². The van der Waals surface area contributed by atoms with Crippen molar-refractivity contribution in [1.82, 2.24) is 9.55 Å². The third-order valence-electron chi connectivity index (χ3n) is 4.05. The zero-order chi connectivity index (χ0) is 18.7.